The molecule has 0 amide bonds. The summed E-state index contributed by atoms with van der Waals surface area (Å²) >= 11 is 10.2. The van der Waals surface area contributed by atoms with Crippen molar-refractivity contribution in [1.29, 1.82) is 0 Å². The van der Waals surface area contributed by atoms with E-state index in [1.807, 2.05) is 0 Å². The summed E-state index contributed by atoms with van der Waals surface area (Å²) in [6.07, 6.45) is 7.39. The van der Waals surface area contributed by atoms with Gasteiger partial charge in [0.05, 0.1) is 6.61 Å². The third kappa shape index (κ3) is 3.01. The summed E-state index contributed by atoms with van der Waals surface area (Å²) in [5.74, 6) is 2.72. The van der Waals surface area contributed by atoms with Crippen LogP contribution in [-0.2, 0) is 12.8 Å². The van der Waals surface area contributed by atoms with Crippen LogP contribution in [0.25, 0.3) is 0 Å². The van der Waals surface area contributed by atoms with Crippen molar-refractivity contribution < 1.29 is 4.74 Å². The summed E-state index contributed by atoms with van der Waals surface area (Å²) in [5.41, 5.74) is 2.61. The van der Waals surface area contributed by atoms with Gasteiger partial charge in [0, 0.05) is 16.3 Å². The number of hydrogen-bond donors (Lipinski definition) is 0. The molecule has 1 aromatic carbocycles. The van der Waals surface area contributed by atoms with Crippen molar-refractivity contribution >= 4 is 27.5 Å². The largest absolute Gasteiger partial charge is 0.493 e. The Morgan fingerprint density at radius 3 is 3.00 bits per heavy atom. The molecule has 0 N–H and O–H groups in total. The fourth-order valence-electron chi connectivity index (χ4n) is 3.69. The second kappa shape index (κ2) is 6.27. The van der Waals surface area contributed by atoms with Gasteiger partial charge >= 0.3 is 0 Å². The number of alkyl halides is 1. The summed E-state index contributed by atoms with van der Waals surface area (Å²) < 4.78 is 5.84. The molecule has 110 valence electrons. The Balaban J connectivity index is 1.80. The van der Waals surface area contributed by atoms with Crippen LogP contribution in [0.5, 0.6) is 5.75 Å². The molecule has 1 aliphatic heterocycles. The lowest BCUT2D eigenvalue weighted by atomic mass is 9.77. The first-order valence-electron chi connectivity index (χ1n) is 7.75. The van der Waals surface area contributed by atoms with Crippen LogP contribution in [0.2, 0.25) is 5.02 Å². The fraction of sp³-hybridized carbons (Fsp3) is 0.647. The second-order valence-electron chi connectivity index (χ2n) is 6.22. The molecule has 0 saturated heterocycles. The minimum atomic E-state index is 0.640. The van der Waals surface area contributed by atoms with Gasteiger partial charge in [0.15, 0.2) is 0 Å². The van der Waals surface area contributed by atoms with Gasteiger partial charge in [-0.3, -0.25) is 0 Å². The Kier molecular flexibility index (Phi) is 4.62. The monoisotopic (exact) mass is 356 g/mol. The fourth-order valence-corrected chi connectivity index (χ4v) is 4.62. The average Bonchev–Trinajstić information content (AvgIpc) is 2.89. The van der Waals surface area contributed by atoms with Gasteiger partial charge in [0.25, 0.3) is 0 Å². The molecule has 3 atom stereocenters. The molecule has 0 radical (unpaired) electrons. The number of halogens is 2. The first kappa shape index (κ1) is 14.7. The molecule has 0 spiro atoms. The molecule has 1 nitrogen and oxygen atoms in total. The van der Waals surface area contributed by atoms with Gasteiger partial charge in [-0.05, 0) is 60.8 Å². The lowest BCUT2D eigenvalue weighted by Gasteiger charge is -2.33. The molecule has 1 aromatic rings. The van der Waals surface area contributed by atoms with Crippen LogP contribution in [-0.4, -0.2) is 11.4 Å². The molecule has 3 rings (SSSR count). The van der Waals surface area contributed by atoms with E-state index in [-0.39, 0.29) is 0 Å². The summed E-state index contributed by atoms with van der Waals surface area (Å²) in [6, 6.07) is 4.18. The lowest BCUT2D eigenvalue weighted by Crippen LogP contribution is -2.26. The molecule has 1 fully saturated rings. The minimum absolute atomic E-state index is 0.640. The quantitative estimate of drug-likeness (QED) is 0.657. The van der Waals surface area contributed by atoms with E-state index in [0.29, 0.717) is 10.7 Å². The van der Waals surface area contributed by atoms with Gasteiger partial charge in [-0.1, -0.05) is 40.9 Å². The van der Waals surface area contributed by atoms with Gasteiger partial charge in [-0.2, -0.15) is 0 Å². The highest BCUT2D eigenvalue weighted by atomic mass is 79.9. The van der Waals surface area contributed by atoms with Crippen LogP contribution in [0.3, 0.4) is 0 Å². The zero-order chi connectivity index (χ0) is 14.1. The molecule has 20 heavy (non-hydrogen) atoms. The van der Waals surface area contributed by atoms with E-state index < -0.39 is 0 Å². The Bertz CT molecular complexity index is 488. The van der Waals surface area contributed by atoms with Crippen LogP contribution in [0.4, 0.5) is 0 Å². The SMILES string of the molecule is CCC1CCC(Br)C(Cc2cc(Cl)cc3c2OCC3)C1. The van der Waals surface area contributed by atoms with Crippen LogP contribution >= 0.6 is 27.5 Å². The standard InChI is InChI=1S/C17H22BrClO/c1-2-11-3-4-16(18)13(7-11)8-14-10-15(19)9-12-5-6-20-17(12)14/h9-11,13,16H,2-8H2,1H3. The third-order valence-corrected chi connectivity index (χ3v) is 6.31. The lowest BCUT2D eigenvalue weighted by molar-refractivity contribution is 0.268. The van der Waals surface area contributed by atoms with Crippen LogP contribution in [0, 0.1) is 11.8 Å². The average molecular weight is 358 g/mol. The number of hydrogen-bond acceptors (Lipinski definition) is 1. The maximum absolute atomic E-state index is 6.27. The first-order chi connectivity index (χ1) is 9.67. The molecular formula is C17H22BrClO. The number of rotatable bonds is 3. The summed E-state index contributed by atoms with van der Waals surface area (Å²) in [5, 5.41) is 0.859. The maximum atomic E-state index is 6.27. The van der Waals surface area contributed by atoms with Gasteiger partial charge < -0.3 is 4.74 Å². The summed E-state index contributed by atoms with van der Waals surface area (Å²) in [6.45, 7) is 3.12. The first-order valence-corrected chi connectivity index (χ1v) is 9.05. The third-order valence-electron chi connectivity index (χ3n) is 4.88. The van der Waals surface area contributed by atoms with E-state index in [2.05, 4.69) is 35.0 Å². The summed E-state index contributed by atoms with van der Waals surface area (Å²) in [7, 11) is 0. The molecule has 0 aromatic heterocycles. The van der Waals surface area contributed by atoms with Gasteiger partial charge in [-0.15, -0.1) is 0 Å². The van der Waals surface area contributed by atoms with E-state index in [4.69, 9.17) is 16.3 Å². The number of fused-ring (bicyclic) bond motifs is 1. The molecule has 3 heteroatoms. The van der Waals surface area contributed by atoms with Crippen LogP contribution in [0.1, 0.15) is 43.7 Å². The van der Waals surface area contributed by atoms with Gasteiger partial charge in [-0.25, -0.2) is 0 Å². The van der Waals surface area contributed by atoms with Crippen molar-refractivity contribution in [1.82, 2.24) is 0 Å². The van der Waals surface area contributed by atoms with Crippen LogP contribution < -0.4 is 4.74 Å². The number of ether oxygens (including phenoxy) is 1. The van der Waals surface area contributed by atoms with Crippen molar-refractivity contribution in [3.05, 3.63) is 28.3 Å². The zero-order valence-corrected chi connectivity index (χ0v) is 14.3. The Hall–Kier alpha value is -0.210. The normalized spacial score (nSPS) is 29.1. The molecular weight excluding hydrogens is 336 g/mol. The molecule has 1 heterocycles. The Morgan fingerprint density at radius 2 is 2.20 bits per heavy atom. The van der Waals surface area contributed by atoms with Gasteiger partial charge in [0.1, 0.15) is 5.75 Å². The van der Waals surface area contributed by atoms with E-state index >= 15 is 0 Å². The predicted molar refractivity (Wildman–Crippen MR) is 88.2 cm³/mol. The molecule has 1 saturated carbocycles. The Morgan fingerprint density at radius 1 is 1.35 bits per heavy atom. The molecule has 3 unspecified atom stereocenters. The second-order valence-corrected chi connectivity index (χ2v) is 7.83. The van der Waals surface area contributed by atoms with E-state index in [9.17, 15) is 0 Å². The molecule has 2 aliphatic rings. The minimum Gasteiger partial charge on any atom is -0.493 e. The highest BCUT2D eigenvalue weighted by Gasteiger charge is 2.30. The van der Waals surface area contributed by atoms with Crippen molar-refractivity contribution in [3.8, 4) is 5.75 Å². The zero-order valence-electron chi connectivity index (χ0n) is 12.0. The van der Waals surface area contributed by atoms with Gasteiger partial charge in [0.2, 0.25) is 0 Å². The van der Waals surface area contributed by atoms with E-state index in [0.717, 1.165) is 36.1 Å². The van der Waals surface area contributed by atoms with Crippen molar-refractivity contribution in [2.45, 2.75) is 50.3 Å². The summed E-state index contributed by atoms with van der Waals surface area (Å²) in [4.78, 5) is 0.640. The van der Waals surface area contributed by atoms with Crippen LogP contribution in [0.15, 0.2) is 12.1 Å². The smallest absolute Gasteiger partial charge is 0.125 e. The van der Waals surface area contributed by atoms with Crippen molar-refractivity contribution in [3.63, 3.8) is 0 Å². The molecule has 1 aliphatic carbocycles. The van der Waals surface area contributed by atoms with Crippen molar-refractivity contribution in [2.24, 2.45) is 11.8 Å². The Labute approximate surface area is 135 Å². The van der Waals surface area contributed by atoms with E-state index in [1.165, 1.54) is 36.8 Å². The maximum Gasteiger partial charge on any atom is 0.125 e. The predicted octanol–water partition coefficient (Wildman–Crippen LogP) is 5.41. The highest BCUT2D eigenvalue weighted by Crippen LogP contribution is 2.40. The topological polar surface area (TPSA) is 9.23 Å². The highest BCUT2D eigenvalue weighted by molar-refractivity contribution is 9.09. The molecule has 0 bridgehead atoms. The van der Waals surface area contributed by atoms with Crippen molar-refractivity contribution in [2.75, 3.05) is 6.61 Å². The van der Waals surface area contributed by atoms with E-state index in [1.54, 1.807) is 0 Å². The number of benzene rings is 1.